The molecule has 0 bridgehead atoms. The number of aryl methyl sites for hydroxylation is 1. The molecule has 1 saturated heterocycles. The summed E-state index contributed by atoms with van der Waals surface area (Å²) in [6.07, 6.45) is 4.85. The van der Waals surface area contributed by atoms with Crippen molar-refractivity contribution >= 4 is 5.91 Å². The third-order valence-electron chi connectivity index (χ3n) is 4.67. The van der Waals surface area contributed by atoms with Crippen molar-refractivity contribution in [2.75, 3.05) is 13.1 Å². The monoisotopic (exact) mass is 258 g/mol. The first-order valence-corrected chi connectivity index (χ1v) is 7.25. The first-order chi connectivity index (χ1) is 9.17. The number of hydrogen-bond acceptors (Lipinski definition) is 2. The minimum absolute atomic E-state index is 0.0776. The van der Waals surface area contributed by atoms with Crippen LogP contribution in [0.4, 0.5) is 0 Å². The molecule has 19 heavy (non-hydrogen) atoms. The number of nitrogens with one attached hydrogen (secondary N) is 2. The fourth-order valence-electron chi connectivity index (χ4n) is 3.43. The van der Waals surface area contributed by atoms with Gasteiger partial charge in [-0.25, -0.2) is 0 Å². The second-order valence-electron chi connectivity index (χ2n) is 6.19. The van der Waals surface area contributed by atoms with Crippen LogP contribution >= 0.6 is 0 Å². The zero-order valence-corrected chi connectivity index (χ0v) is 11.5. The normalized spacial score (nSPS) is 21.9. The van der Waals surface area contributed by atoms with E-state index < -0.39 is 0 Å². The first kappa shape index (κ1) is 12.7. The van der Waals surface area contributed by atoms with Crippen molar-refractivity contribution in [2.24, 2.45) is 5.41 Å². The van der Waals surface area contributed by atoms with Gasteiger partial charge in [0.1, 0.15) is 0 Å². The molecule has 3 rings (SSSR count). The molecule has 3 nitrogen and oxygen atoms in total. The molecule has 1 aromatic carbocycles. The number of carbonyl (C=O) groups is 1. The van der Waals surface area contributed by atoms with Gasteiger partial charge in [0.25, 0.3) is 5.91 Å². The Labute approximate surface area is 114 Å². The van der Waals surface area contributed by atoms with Crippen LogP contribution in [0.2, 0.25) is 0 Å². The minimum atomic E-state index is 0.0776. The van der Waals surface area contributed by atoms with Gasteiger partial charge in [-0.2, -0.15) is 0 Å². The molecule has 0 unspecified atom stereocenters. The third kappa shape index (κ3) is 2.66. The van der Waals surface area contributed by atoms with E-state index >= 15 is 0 Å². The molecule has 2 aliphatic rings. The van der Waals surface area contributed by atoms with E-state index in [4.69, 9.17) is 0 Å². The van der Waals surface area contributed by atoms with Gasteiger partial charge < -0.3 is 10.6 Å². The average molecular weight is 258 g/mol. The van der Waals surface area contributed by atoms with Gasteiger partial charge in [0.15, 0.2) is 0 Å². The summed E-state index contributed by atoms with van der Waals surface area (Å²) in [7, 11) is 0. The highest BCUT2D eigenvalue weighted by Crippen LogP contribution is 2.47. The SMILES string of the molecule is Cc1ccc(C(=O)NC2CC3(CCNCC3)C2)cc1. The van der Waals surface area contributed by atoms with Crippen molar-refractivity contribution in [2.45, 2.75) is 38.6 Å². The Morgan fingerprint density at radius 3 is 2.47 bits per heavy atom. The van der Waals surface area contributed by atoms with E-state index in [2.05, 4.69) is 10.6 Å². The maximum Gasteiger partial charge on any atom is 0.251 e. The van der Waals surface area contributed by atoms with E-state index in [0.29, 0.717) is 11.5 Å². The predicted molar refractivity (Wildman–Crippen MR) is 76.2 cm³/mol. The zero-order chi connectivity index (χ0) is 13.3. The standard InChI is InChI=1S/C16H22N2O/c1-12-2-4-13(5-3-12)15(19)18-14-10-16(11-14)6-8-17-9-7-16/h2-5,14,17H,6-11H2,1H3,(H,18,19). The van der Waals surface area contributed by atoms with Gasteiger partial charge in [0, 0.05) is 11.6 Å². The topological polar surface area (TPSA) is 41.1 Å². The van der Waals surface area contributed by atoms with Crippen LogP contribution in [0, 0.1) is 12.3 Å². The summed E-state index contributed by atoms with van der Waals surface area (Å²) in [6.45, 7) is 4.31. The molecule has 3 heteroatoms. The minimum Gasteiger partial charge on any atom is -0.349 e. The van der Waals surface area contributed by atoms with E-state index in [0.717, 1.165) is 31.5 Å². The van der Waals surface area contributed by atoms with Gasteiger partial charge >= 0.3 is 0 Å². The lowest BCUT2D eigenvalue weighted by Gasteiger charge is -2.50. The molecule has 1 aliphatic heterocycles. The van der Waals surface area contributed by atoms with Crippen molar-refractivity contribution in [1.82, 2.24) is 10.6 Å². The number of piperidine rings is 1. The molecule has 2 fully saturated rings. The maximum atomic E-state index is 12.1. The molecule has 1 saturated carbocycles. The summed E-state index contributed by atoms with van der Waals surface area (Å²) < 4.78 is 0. The smallest absolute Gasteiger partial charge is 0.251 e. The van der Waals surface area contributed by atoms with Crippen LogP contribution in [0.25, 0.3) is 0 Å². The summed E-state index contributed by atoms with van der Waals surface area (Å²) in [5, 5.41) is 6.57. The number of rotatable bonds is 2. The Morgan fingerprint density at radius 1 is 1.21 bits per heavy atom. The van der Waals surface area contributed by atoms with Crippen LogP contribution < -0.4 is 10.6 Å². The fourth-order valence-corrected chi connectivity index (χ4v) is 3.43. The van der Waals surface area contributed by atoms with Crippen LogP contribution in [-0.2, 0) is 0 Å². The molecule has 1 spiro atoms. The van der Waals surface area contributed by atoms with Crippen LogP contribution in [0.15, 0.2) is 24.3 Å². The average Bonchev–Trinajstić information content (AvgIpc) is 2.39. The van der Waals surface area contributed by atoms with E-state index in [1.165, 1.54) is 18.4 Å². The largest absolute Gasteiger partial charge is 0.349 e. The lowest BCUT2D eigenvalue weighted by molar-refractivity contribution is 0.0423. The second kappa shape index (κ2) is 4.97. The molecule has 1 heterocycles. The molecular weight excluding hydrogens is 236 g/mol. The van der Waals surface area contributed by atoms with Gasteiger partial charge in [0.2, 0.25) is 0 Å². The molecule has 1 aromatic rings. The maximum absolute atomic E-state index is 12.1. The third-order valence-corrected chi connectivity index (χ3v) is 4.67. The second-order valence-corrected chi connectivity index (χ2v) is 6.19. The van der Waals surface area contributed by atoms with Crippen molar-refractivity contribution in [3.63, 3.8) is 0 Å². The van der Waals surface area contributed by atoms with Crippen LogP contribution in [0.1, 0.15) is 41.6 Å². The lowest BCUT2D eigenvalue weighted by Crippen LogP contribution is -2.54. The Morgan fingerprint density at radius 2 is 1.84 bits per heavy atom. The van der Waals surface area contributed by atoms with Crippen molar-refractivity contribution < 1.29 is 4.79 Å². The van der Waals surface area contributed by atoms with Gasteiger partial charge in [-0.05, 0) is 63.2 Å². The summed E-state index contributed by atoms with van der Waals surface area (Å²) in [5.41, 5.74) is 2.49. The summed E-state index contributed by atoms with van der Waals surface area (Å²) >= 11 is 0. The van der Waals surface area contributed by atoms with Gasteiger partial charge in [-0.1, -0.05) is 17.7 Å². The van der Waals surface area contributed by atoms with E-state index in [1.807, 2.05) is 31.2 Å². The predicted octanol–water partition coefficient (Wildman–Crippen LogP) is 2.26. The summed E-state index contributed by atoms with van der Waals surface area (Å²) in [6, 6.07) is 8.17. The molecule has 1 aliphatic carbocycles. The Kier molecular flexibility index (Phi) is 3.31. The van der Waals surface area contributed by atoms with E-state index in [-0.39, 0.29) is 5.91 Å². The molecule has 1 amide bonds. The lowest BCUT2D eigenvalue weighted by atomic mass is 9.60. The van der Waals surface area contributed by atoms with E-state index in [9.17, 15) is 4.79 Å². The number of benzene rings is 1. The fraction of sp³-hybridized carbons (Fsp3) is 0.562. The van der Waals surface area contributed by atoms with Crippen LogP contribution in [-0.4, -0.2) is 25.0 Å². The highest BCUT2D eigenvalue weighted by atomic mass is 16.1. The highest BCUT2D eigenvalue weighted by molar-refractivity contribution is 5.94. The first-order valence-electron chi connectivity index (χ1n) is 7.25. The van der Waals surface area contributed by atoms with Gasteiger partial charge in [-0.3, -0.25) is 4.79 Å². The number of hydrogen-bond donors (Lipinski definition) is 2. The Balaban J connectivity index is 1.53. The van der Waals surface area contributed by atoms with Crippen LogP contribution in [0.3, 0.4) is 0 Å². The molecule has 102 valence electrons. The van der Waals surface area contributed by atoms with E-state index in [1.54, 1.807) is 0 Å². The number of amides is 1. The van der Waals surface area contributed by atoms with Crippen molar-refractivity contribution in [3.8, 4) is 0 Å². The number of carbonyl (C=O) groups excluding carboxylic acids is 1. The van der Waals surface area contributed by atoms with Crippen molar-refractivity contribution in [1.29, 1.82) is 0 Å². The Hall–Kier alpha value is -1.35. The van der Waals surface area contributed by atoms with Crippen LogP contribution in [0.5, 0.6) is 0 Å². The summed E-state index contributed by atoms with van der Waals surface area (Å²) in [4.78, 5) is 12.1. The Bertz CT molecular complexity index is 452. The molecule has 0 atom stereocenters. The van der Waals surface area contributed by atoms with Gasteiger partial charge in [-0.15, -0.1) is 0 Å². The molecule has 2 N–H and O–H groups in total. The quantitative estimate of drug-likeness (QED) is 0.854. The molecular formula is C16H22N2O. The van der Waals surface area contributed by atoms with Crippen molar-refractivity contribution in [3.05, 3.63) is 35.4 Å². The molecule has 0 radical (unpaired) electrons. The zero-order valence-electron chi connectivity index (χ0n) is 11.5. The summed E-state index contributed by atoms with van der Waals surface area (Å²) in [5.74, 6) is 0.0776. The molecule has 0 aromatic heterocycles. The van der Waals surface area contributed by atoms with Gasteiger partial charge in [0.05, 0.1) is 0 Å². The highest BCUT2D eigenvalue weighted by Gasteiger charge is 2.44.